The summed E-state index contributed by atoms with van der Waals surface area (Å²) in [6.45, 7) is 6.35. The first-order chi connectivity index (χ1) is 11.1. The molecule has 1 aliphatic carbocycles. The zero-order valence-corrected chi connectivity index (χ0v) is 19.9. The summed E-state index contributed by atoms with van der Waals surface area (Å²) in [6.07, 6.45) is 8.33. The van der Waals surface area contributed by atoms with E-state index in [9.17, 15) is 0 Å². The summed E-state index contributed by atoms with van der Waals surface area (Å²) < 4.78 is 1.56. The van der Waals surface area contributed by atoms with Gasteiger partial charge in [-0.15, -0.1) is 46.2 Å². The summed E-state index contributed by atoms with van der Waals surface area (Å²) in [5.74, 6) is 0. The van der Waals surface area contributed by atoms with E-state index in [1.54, 1.807) is 3.26 Å². The van der Waals surface area contributed by atoms with Gasteiger partial charge in [0.15, 0.2) is 0 Å². The molecular formula is C22H22Cl2Hf-2. The molecule has 0 aromatic heterocycles. The van der Waals surface area contributed by atoms with Crippen molar-refractivity contribution in [2.75, 3.05) is 0 Å². The van der Waals surface area contributed by atoms with E-state index in [1.165, 1.54) is 51.0 Å². The molecular weight excluding hydrogens is 514 g/mol. The van der Waals surface area contributed by atoms with Crippen LogP contribution in [0.5, 0.6) is 0 Å². The molecule has 0 N–H and O–H groups in total. The van der Waals surface area contributed by atoms with Gasteiger partial charge in [-0.3, -0.25) is 6.08 Å². The van der Waals surface area contributed by atoms with Crippen LogP contribution in [0.2, 0.25) is 0 Å². The van der Waals surface area contributed by atoms with Crippen LogP contribution in [0.15, 0.2) is 72.3 Å². The van der Waals surface area contributed by atoms with Gasteiger partial charge in [0.05, 0.1) is 0 Å². The number of rotatable bonds is 0. The van der Waals surface area contributed by atoms with Gasteiger partial charge in [-0.2, -0.15) is 6.08 Å². The Balaban J connectivity index is 0.000000410. The Hall–Kier alpha value is -0.890. The van der Waals surface area contributed by atoms with Crippen LogP contribution in [0.25, 0.3) is 21.5 Å². The second-order valence-corrected chi connectivity index (χ2v) is 9.38. The smallest absolute Gasteiger partial charge is 0.0771 e. The predicted octanol–water partition coefficient (Wildman–Crippen LogP) is 0.161. The van der Waals surface area contributed by atoms with Crippen LogP contribution in [-0.2, 0) is 23.9 Å². The van der Waals surface area contributed by atoms with E-state index in [-0.39, 0.29) is 24.8 Å². The van der Waals surface area contributed by atoms with Gasteiger partial charge in [-0.1, -0.05) is 43.3 Å². The van der Waals surface area contributed by atoms with Crippen LogP contribution in [0.4, 0.5) is 0 Å². The molecule has 0 saturated heterocycles. The van der Waals surface area contributed by atoms with Crippen molar-refractivity contribution in [2.45, 2.75) is 27.2 Å². The van der Waals surface area contributed by atoms with Crippen molar-refractivity contribution < 1.29 is 48.7 Å². The Morgan fingerprint density at radius 2 is 1.36 bits per heavy atom. The molecule has 4 rings (SSSR count). The van der Waals surface area contributed by atoms with Gasteiger partial charge < -0.3 is 24.8 Å². The van der Waals surface area contributed by atoms with Crippen LogP contribution >= 0.6 is 0 Å². The maximum absolute atomic E-state index is 3.12. The van der Waals surface area contributed by atoms with Crippen molar-refractivity contribution in [3.63, 3.8) is 0 Å². The molecule has 0 spiro atoms. The summed E-state index contributed by atoms with van der Waals surface area (Å²) in [7, 11) is 0. The van der Waals surface area contributed by atoms with Crippen LogP contribution < -0.4 is 24.8 Å². The normalized spacial score (nSPS) is 11.3. The first-order valence-corrected chi connectivity index (χ1v) is 9.66. The third-order valence-corrected chi connectivity index (χ3v) is 3.39. The van der Waals surface area contributed by atoms with Gasteiger partial charge >= 0.3 is 41.0 Å². The fraction of sp³-hybridized carbons (Fsp3) is 0.182. The molecule has 0 bridgehead atoms. The van der Waals surface area contributed by atoms with Crippen molar-refractivity contribution in [2.24, 2.45) is 0 Å². The molecule has 1 aliphatic rings. The Morgan fingerprint density at radius 3 is 1.68 bits per heavy atom. The molecule has 0 radical (unpaired) electrons. The fourth-order valence-electron chi connectivity index (χ4n) is 2.42. The van der Waals surface area contributed by atoms with E-state index >= 15 is 0 Å². The standard InChI is InChI=1S/C13H9.C6H7.C3H6.2ClH.Hf/c1-3-7-12-10(5-1)9-11-6-2-4-8-13(11)12;1-6-4-2-3-5-6;1-3-2;;;/h1-9H;2,4H,3H2,1H3;1-2H3;2*1H;/q2*-1;;;;+2/p-2. The van der Waals surface area contributed by atoms with E-state index in [0.29, 0.717) is 0 Å². The number of halogens is 2. The predicted molar refractivity (Wildman–Crippen MR) is 99.6 cm³/mol. The van der Waals surface area contributed by atoms with Crippen LogP contribution in [0.3, 0.4) is 0 Å². The average molecular weight is 536 g/mol. The summed E-state index contributed by atoms with van der Waals surface area (Å²) in [5, 5.41) is 5.39. The third kappa shape index (κ3) is 7.90. The molecule has 25 heavy (non-hydrogen) atoms. The van der Waals surface area contributed by atoms with Crippen LogP contribution in [-0.4, -0.2) is 3.26 Å². The molecule has 0 atom stereocenters. The summed E-state index contributed by atoms with van der Waals surface area (Å²) in [4.78, 5) is 0. The zero-order chi connectivity index (χ0) is 16.7. The molecule has 130 valence electrons. The van der Waals surface area contributed by atoms with Crippen LogP contribution in [0, 0.1) is 6.08 Å². The second kappa shape index (κ2) is 12.5. The van der Waals surface area contributed by atoms with Crippen molar-refractivity contribution in [1.82, 2.24) is 0 Å². The molecule has 0 heterocycles. The van der Waals surface area contributed by atoms with Crippen molar-refractivity contribution in [1.29, 1.82) is 0 Å². The molecule has 3 heteroatoms. The van der Waals surface area contributed by atoms with Gasteiger partial charge in [0, 0.05) is 0 Å². The Morgan fingerprint density at radius 1 is 0.920 bits per heavy atom. The van der Waals surface area contributed by atoms with Crippen molar-refractivity contribution in [3.8, 4) is 0 Å². The van der Waals surface area contributed by atoms with E-state index < -0.39 is 0 Å². The monoisotopic (exact) mass is 536 g/mol. The first-order valence-electron chi connectivity index (χ1n) is 7.87. The van der Waals surface area contributed by atoms with E-state index in [1.807, 2.05) is 0 Å². The molecule has 0 amide bonds. The number of benzene rings is 2. The topological polar surface area (TPSA) is 0 Å². The largest absolute Gasteiger partial charge is 1.00 e. The Kier molecular flexibility index (Phi) is 12.0. The summed E-state index contributed by atoms with van der Waals surface area (Å²) >= 11 is 1.27. The van der Waals surface area contributed by atoms with Crippen molar-refractivity contribution in [3.05, 3.63) is 78.4 Å². The van der Waals surface area contributed by atoms with Crippen molar-refractivity contribution >= 4 is 24.8 Å². The second-order valence-electron chi connectivity index (χ2n) is 5.79. The first kappa shape index (κ1) is 24.1. The molecule has 0 saturated carbocycles. The zero-order valence-electron chi connectivity index (χ0n) is 14.8. The maximum Gasteiger partial charge on any atom is -0.0771 e. The number of allylic oxidation sites excluding steroid dienone is 4. The van der Waals surface area contributed by atoms with Gasteiger partial charge in [-0.25, -0.2) is 11.6 Å². The molecule has 0 fully saturated rings. The minimum Gasteiger partial charge on any atom is -1.00 e. The number of hydrogen-bond acceptors (Lipinski definition) is 0. The Bertz CT molecular complexity index is 799. The SMILES string of the molecule is CC1=[C-]CC=C1.C[C](C)=[Hf+2].[Cl-].[Cl-].c1ccc2c(c1)[cH-]c1ccccc12. The molecule has 3 aromatic carbocycles. The molecule has 0 nitrogen and oxygen atoms in total. The summed E-state index contributed by atoms with van der Waals surface area (Å²) in [5.41, 5.74) is 1.27. The minimum atomic E-state index is 0. The van der Waals surface area contributed by atoms with Gasteiger partial charge in [0.1, 0.15) is 0 Å². The third-order valence-electron chi connectivity index (χ3n) is 3.39. The Labute approximate surface area is 178 Å². The molecule has 0 unspecified atom stereocenters. The maximum atomic E-state index is 3.12. The minimum absolute atomic E-state index is 0. The number of hydrogen-bond donors (Lipinski definition) is 0. The van der Waals surface area contributed by atoms with E-state index in [2.05, 4.69) is 93.6 Å². The van der Waals surface area contributed by atoms with E-state index in [4.69, 9.17) is 0 Å². The average Bonchev–Trinajstić information content (AvgIpc) is 3.13. The van der Waals surface area contributed by atoms with Gasteiger partial charge in [0.2, 0.25) is 0 Å². The van der Waals surface area contributed by atoms with Crippen LogP contribution in [0.1, 0.15) is 27.2 Å². The van der Waals surface area contributed by atoms with E-state index in [0.717, 1.165) is 6.42 Å². The summed E-state index contributed by atoms with van der Waals surface area (Å²) in [6, 6.07) is 19.3. The number of fused-ring (bicyclic) bond motifs is 3. The van der Waals surface area contributed by atoms with Gasteiger partial charge in [0.25, 0.3) is 0 Å². The van der Waals surface area contributed by atoms with Gasteiger partial charge in [-0.05, 0) is 0 Å². The molecule has 0 aliphatic heterocycles. The quantitative estimate of drug-likeness (QED) is 0.284. The fourth-order valence-corrected chi connectivity index (χ4v) is 2.42. The molecule has 3 aromatic rings.